The fraction of sp³-hybridized carbons (Fsp3) is 0.364. The Morgan fingerprint density at radius 2 is 2.13 bits per heavy atom. The summed E-state index contributed by atoms with van der Waals surface area (Å²) in [5, 5.41) is 3.80. The van der Waals surface area contributed by atoms with E-state index in [9.17, 15) is 4.79 Å². The molecular weight excluding hydrogens is 233 g/mol. The van der Waals surface area contributed by atoms with Crippen LogP contribution in [0.2, 0.25) is 10.0 Å². The van der Waals surface area contributed by atoms with Gasteiger partial charge in [0.25, 0.3) is 0 Å². The second-order valence-electron chi connectivity index (χ2n) is 3.42. The fourth-order valence-electron chi connectivity index (χ4n) is 1.03. The molecule has 0 saturated heterocycles. The Balaban J connectivity index is 2.80. The molecule has 1 amide bonds. The third-order valence-electron chi connectivity index (χ3n) is 2.25. The van der Waals surface area contributed by atoms with Crippen molar-refractivity contribution >= 4 is 34.8 Å². The van der Waals surface area contributed by atoms with Crippen molar-refractivity contribution in [1.82, 2.24) is 0 Å². The summed E-state index contributed by atoms with van der Waals surface area (Å²) >= 11 is 11.7. The maximum absolute atomic E-state index is 11.6. The van der Waals surface area contributed by atoms with Gasteiger partial charge in [0.05, 0.1) is 10.7 Å². The molecule has 1 aromatic carbocycles. The summed E-state index contributed by atoms with van der Waals surface area (Å²) in [6, 6.07) is 4.99. The summed E-state index contributed by atoms with van der Waals surface area (Å²) in [6.07, 6.45) is 0.796. The third-order valence-corrected chi connectivity index (χ3v) is 2.81. The van der Waals surface area contributed by atoms with Crippen molar-refractivity contribution in [2.24, 2.45) is 5.92 Å². The van der Waals surface area contributed by atoms with E-state index in [-0.39, 0.29) is 11.8 Å². The van der Waals surface area contributed by atoms with E-state index in [2.05, 4.69) is 5.32 Å². The summed E-state index contributed by atoms with van der Waals surface area (Å²) in [5.41, 5.74) is 0.564. The van der Waals surface area contributed by atoms with Crippen LogP contribution in [0.5, 0.6) is 0 Å². The minimum atomic E-state index is -0.0401. The molecule has 2 nitrogen and oxygen atoms in total. The molecule has 0 aromatic heterocycles. The SMILES string of the molecule is CC[C@H](C)C(=O)Nc1cc(Cl)ccc1Cl. The highest BCUT2D eigenvalue weighted by Crippen LogP contribution is 2.25. The second-order valence-corrected chi connectivity index (χ2v) is 4.27. The van der Waals surface area contributed by atoms with Gasteiger partial charge in [0.15, 0.2) is 0 Å². The van der Waals surface area contributed by atoms with Crippen LogP contribution in [0.15, 0.2) is 18.2 Å². The molecule has 4 heteroatoms. The van der Waals surface area contributed by atoms with Gasteiger partial charge in [-0.15, -0.1) is 0 Å². The minimum absolute atomic E-state index is 0.0277. The number of benzene rings is 1. The van der Waals surface area contributed by atoms with Crippen LogP contribution in [-0.4, -0.2) is 5.91 Å². The zero-order valence-electron chi connectivity index (χ0n) is 8.68. The largest absolute Gasteiger partial charge is 0.324 e. The van der Waals surface area contributed by atoms with Crippen molar-refractivity contribution in [3.05, 3.63) is 28.2 Å². The standard InChI is InChI=1S/C11H13Cl2NO/c1-3-7(2)11(15)14-10-6-8(12)4-5-9(10)13/h4-7H,3H2,1-2H3,(H,14,15)/t7-/m0/s1. The van der Waals surface area contributed by atoms with Gasteiger partial charge in [-0.3, -0.25) is 4.79 Å². The van der Waals surface area contributed by atoms with Gasteiger partial charge in [0, 0.05) is 10.9 Å². The molecule has 0 aliphatic rings. The Morgan fingerprint density at radius 3 is 2.73 bits per heavy atom. The zero-order valence-corrected chi connectivity index (χ0v) is 10.2. The van der Waals surface area contributed by atoms with Crippen molar-refractivity contribution in [3.8, 4) is 0 Å². The smallest absolute Gasteiger partial charge is 0.227 e. The maximum Gasteiger partial charge on any atom is 0.227 e. The van der Waals surface area contributed by atoms with Gasteiger partial charge in [-0.25, -0.2) is 0 Å². The topological polar surface area (TPSA) is 29.1 Å². The molecule has 1 atom stereocenters. The Hall–Kier alpha value is -0.730. The predicted octanol–water partition coefficient (Wildman–Crippen LogP) is 3.98. The second kappa shape index (κ2) is 5.38. The molecule has 0 heterocycles. The van der Waals surface area contributed by atoms with Crippen molar-refractivity contribution in [2.45, 2.75) is 20.3 Å². The summed E-state index contributed by atoms with van der Waals surface area (Å²) in [5.74, 6) is -0.0679. The maximum atomic E-state index is 11.6. The van der Waals surface area contributed by atoms with Crippen LogP contribution < -0.4 is 5.32 Å². The van der Waals surface area contributed by atoms with E-state index in [0.717, 1.165) is 6.42 Å². The van der Waals surface area contributed by atoms with Crippen LogP contribution in [0.1, 0.15) is 20.3 Å². The van der Waals surface area contributed by atoms with E-state index in [0.29, 0.717) is 15.7 Å². The van der Waals surface area contributed by atoms with Crippen molar-refractivity contribution in [3.63, 3.8) is 0 Å². The van der Waals surface area contributed by atoms with Gasteiger partial charge in [-0.1, -0.05) is 37.0 Å². The molecule has 0 aliphatic carbocycles. The highest BCUT2D eigenvalue weighted by molar-refractivity contribution is 6.35. The van der Waals surface area contributed by atoms with E-state index in [1.807, 2.05) is 13.8 Å². The van der Waals surface area contributed by atoms with Crippen LogP contribution in [0.25, 0.3) is 0 Å². The first-order chi connectivity index (χ1) is 7.04. The lowest BCUT2D eigenvalue weighted by atomic mass is 10.1. The third kappa shape index (κ3) is 3.40. The van der Waals surface area contributed by atoms with Gasteiger partial charge < -0.3 is 5.32 Å². The molecule has 0 spiro atoms. The molecule has 0 saturated carbocycles. The average Bonchev–Trinajstić information content (AvgIpc) is 2.22. The summed E-state index contributed by atoms with van der Waals surface area (Å²) in [7, 11) is 0. The molecule has 1 N–H and O–H groups in total. The lowest BCUT2D eigenvalue weighted by Gasteiger charge is -2.11. The molecule has 1 rings (SSSR count). The van der Waals surface area contributed by atoms with E-state index in [1.165, 1.54) is 0 Å². The minimum Gasteiger partial charge on any atom is -0.324 e. The van der Waals surface area contributed by atoms with Crippen molar-refractivity contribution in [2.75, 3.05) is 5.32 Å². The number of hydrogen-bond acceptors (Lipinski definition) is 1. The summed E-state index contributed by atoms with van der Waals surface area (Å²) in [4.78, 5) is 11.6. The number of amides is 1. The number of halogens is 2. The molecule has 1 aromatic rings. The Bertz CT molecular complexity index is 366. The number of hydrogen-bond donors (Lipinski definition) is 1. The quantitative estimate of drug-likeness (QED) is 0.858. The Kier molecular flexibility index (Phi) is 4.43. The highest BCUT2D eigenvalue weighted by Gasteiger charge is 2.12. The van der Waals surface area contributed by atoms with Gasteiger partial charge in [-0.05, 0) is 24.6 Å². The molecule has 0 bridgehead atoms. The Morgan fingerprint density at radius 1 is 1.47 bits per heavy atom. The fourth-order valence-corrected chi connectivity index (χ4v) is 1.37. The summed E-state index contributed by atoms with van der Waals surface area (Å²) in [6.45, 7) is 3.83. The van der Waals surface area contributed by atoms with Gasteiger partial charge in [0.1, 0.15) is 0 Å². The van der Waals surface area contributed by atoms with Gasteiger partial charge in [-0.2, -0.15) is 0 Å². The first kappa shape index (κ1) is 12.3. The number of rotatable bonds is 3. The first-order valence-corrected chi connectivity index (χ1v) is 5.56. The van der Waals surface area contributed by atoms with Gasteiger partial charge in [0.2, 0.25) is 5.91 Å². The average molecular weight is 246 g/mol. The monoisotopic (exact) mass is 245 g/mol. The van der Waals surface area contributed by atoms with E-state index < -0.39 is 0 Å². The van der Waals surface area contributed by atoms with Crippen LogP contribution in [0.4, 0.5) is 5.69 Å². The highest BCUT2D eigenvalue weighted by atomic mass is 35.5. The Labute approximate surface area is 99.6 Å². The predicted molar refractivity (Wildman–Crippen MR) is 64.5 cm³/mol. The van der Waals surface area contributed by atoms with Crippen LogP contribution in [-0.2, 0) is 4.79 Å². The molecule has 0 radical (unpaired) electrons. The zero-order chi connectivity index (χ0) is 11.4. The van der Waals surface area contributed by atoms with Crippen molar-refractivity contribution in [1.29, 1.82) is 0 Å². The van der Waals surface area contributed by atoms with Crippen LogP contribution >= 0.6 is 23.2 Å². The normalized spacial score (nSPS) is 12.3. The van der Waals surface area contributed by atoms with Crippen LogP contribution in [0.3, 0.4) is 0 Å². The number of anilines is 1. The van der Waals surface area contributed by atoms with E-state index in [4.69, 9.17) is 23.2 Å². The van der Waals surface area contributed by atoms with Crippen LogP contribution in [0, 0.1) is 5.92 Å². The molecule has 0 fully saturated rings. The molecule has 0 aliphatic heterocycles. The van der Waals surface area contributed by atoms with Gasteiger partial charge >= 0.3 is 0 Å². The van der Waals surface area contributed by atoms with E-state index >= 15 is 0 Å². The van der Waals surface area contributed by atoms with Crippen molar-refractivity contribution < 1.29 is 4.79 Å². The number of nitrogens with one attached hydrogen (secondary N) is 1. The lowest BCUT2D eigenvalue weighted by Crippen LogP contribution is -2.19. The lowest BCUT2D eigenvalue weighted by molar-refractivity contribution is -0.119. The molecule has 82 valence electrons. The van der Waals surface area contributed by atoms with E-state index in [1.54, 1.807) is 18.2 Å². The molecule has 0 unspecified atom stereocenters. The number of carbonyl (C=O) groups is 1. The molecule has 15 heavy (non-hydrogen) atoms. The summed E-state index contributed by atoms with van der Waals surface area (Å²) < 4.78 is 0. The first-order valence-electron chi connectivity index (χ1n) is 4.80. The number of carbonyl (C=O) groups excluding carboxylic acids is 1. The molecular formula is C11H13Cl2NO.